The zero-order valence-electron chi connectivity index (χ0n) is 11.2. The van der Waals surface area contributed by atoms with Gasteiger partial charge < -0.3 is 5.32 Å². The van der Waals surface area contributed by atoms with Crippen LogP contribution in [-0.2, 0) is 0 Å². The first-order valence-electron chi connectivity index (χ1n) is 6.95. The first-order chi connectivity index (χ1) is 8.18. The van der Waals surface area contributed by atoms with Gasteiger partial charge in [-0.05, 0) is 37.5 Å². The van der Waals surface area contributed by atoms with Gasteiger partial charge in [-0.2, -0.15) is 0 Å². The summed E-state index contributed by atoms with van der Waals surface area (Å²) in [6.07, 6.45) is 14.0. The molecule has 0 aromatic heterocycles. The van der Waals surface area contributed by atoms with Crippen LogP contribution in [0.15, 0.2) is 36.5 Å². The molecule has 0 aromatic carbocycles. The van der Waals surface area contributed by atoms with Crippen LogP contribution in [0.25, 0.3) is 0 Å². The SMILES string of the molecule is C=C(C1CC=CC1)C(NC1C=CCC1)C(C)C. The Morgan fingerprint density at radius 2 is 1.94 bits per heavy atom. The quantitative estimate of drug-likeness (QED) is 0.709. The third-order valence-electron chi connectivity index (χ3n) is 4.00. The standard InChI is InChI=1S/C16H25N/c1-12(2)16(17-15-10-6-7-11-15)13(3)14-8-4-5-9-14/h4-6,10,12,14-17H,3,7-9,11H2,1-2H3. The Balaban J connectivity index is 1.95. The minimum atomic E-state index is 0.465. The number of hydrogen-bond acceptors (Lipinski definition) is 1. The van der Waals surface area contributed by atoms with Crippen LogP contribution in [0.3, 0.4) is 0 Å². The van der Waals surface area contributed by atoms with Gasteiger partial charge >= 0.3 is 0 Å². The molecule has 0 heterocycles. The first-order valence-corrected chi connectivity index (χ1v) is 6.95. The van der Waals surface area contributed by atoms with Crippen molar-refractivity contribution in [3.63, 3.8) is 0 Å². The molecule has 1 heteroatoms. The van der Waals surface area contributed by atoms with Crippen molar-refractivity contribution in [2.45, 2.75) is 51.6 Å². The summed E-state index contributed by atoms with van der Waals surface area (Å²) in [6, 6.07) is 1.03. The van der Waals surface area contributed by atoms with Crippen molar-refractivity contribution in [2.75, 3.05) is 0 Å². The lowest BCUT2D eigenvalue weighted by Crippen LogP contribution is -2.42. The van der Waals surface area contributed by atoms with E-state index in [1.54, 1.807) is 0 Å². The largest absolute Gasteiger partial charge is 0.304 e. The van der Waals surface area contributed by atoms with Crippen molar-refractivity contribution in [1.29, 1.82) is 0 Å². The highest BCUT2D eigenvalue weighted by Crippen LogP contribution is 2.30. The lowest BCUT2D eigenvalue weighted by atomic mass is 9.86. The third kappa shape index (κ3) is 3.10. The maximum atomic E-state index is 4.37. The zero-order valence-corrected chi connectivity index (χ0v) is 11.2. The molecule has 17 heavy (non-hydrogen) atoms. The molecule has 2 rings (SSSR count). The van der Waals surface area contributed by atoms with Crippen molar-refractivity contribution in [3.8, 4) is 0 Å². The average Bonchev–Trinajstić information content (AvgIpc) is 2.97. The van der Waals surface area contributed by atoms with Crippen LogP contribution in [0.1, 0.15) is 39.5 Å². The molecule has 2 unspecified atom stereocenters. The van der Waals surface area contributed by atoms with Gasteiger partial charge in [0.2, 0.25) is 0 Å². The molecule has 0 aromatic rings. The van der Waals surface area contributed by atoms with Gasteiger partial charge in [-0.25, -0.2) is 0 Å². The highest BCUT2D eigenvalue weighted by Gasteiger charge is 2.26. The van der Waals surface area contributed by atoms with Crippen molar-refractivity contribution in [1.82, 2.24) is 5.32 Å². The summed E-state index contributed by atoms with van der Waals surface area (Å²) in [6.45, 7) is 8.96. The molecule has 0 aliphatic heterocycles. The third-order valence-corrected chi connectivity index (χ3v) is 4.00. The molecule has 1 N–H and O–H groups in total. The second kappa shape index (κ2) is 5.68. The van der Waals surface area contributed by atoms with E-state index in [9.17, 15) is 0 Å². The Bertz CT molecular complexity index is 316. The van der Waals surface area contributed by atoms with Gasteiger partial charge in [-0.1, -0.05) is 50.3 Å². The molecule has 2 aliphatic rings. The normalized spacial score (nSPS) is 25.9. The van der Waals surface area contributed by atoms with E-state index < -0.39 is 0 Å². The fourth-order valence-corrected chi connectivity index (χ4v) is 2.90. The van der Waals surface area contributed by atoms with E-state index in [1.807, 2.05) is 0 Å². The highest BCUT2D eigenvalue weighted by molar-refractivity contribution is 5.18. The molecular formula is C16H25N. The molecule has 0 saturated carbocycles. The summed E-state index contributed by atoms with van der Waals surface area (Å²) in [5.41, 5.74) is 1.41. The van der Waals surface area contributed by atoms with Gasteiger partial charge in [0.05, 0.1) is 0 Å². The molecule has 94 valence electrons. The minimum absolute atomic E-state index is 0.465. The second-order valence-electron chi connectivity index (χ2n) is 5.71. The molecule has 0 bridgehead atoms. The number of rotatable bonds is 5. The second-order valence-corrected chi connectivity index (χ2v) is 5.71. The highest BCUT2D eigenvalue weighted by atomic mass is 15.0. The van der Waals surface area contributed by atoms with E-state index in [-0.39, 0.29) is 0 Å². The minimum Gasteiger partial charge on any atom is -0.304 e. The van der Waals surface area contributed by atoms with E-state index in [4.69, 9.17) is 0 Å². The first kappa shape index (κ1) is 12.6. The summed E-state index contributed by atoms with van der Waals surface area (Å²) in [5, 5.41) is 3.78. The summed E-state index contributed by atoms with van der Waals surface area (Å²) >= 11 is 0. The van der Waals surface area contributed by atoms with Gasteiger partial charge in [0.1, 0.15) is 0 Å². The Kier molecular flexibility index (Phi) is 4.22. The Morgan fingerprint density at radius 1 is 1.24 bits per heavy atom. The number of hydrogen-bond donors (Lipinski definition) is 1. The molecule has 0 saturated heterocycles. The monoisotopic (exact) mass is 231 g/mol. The van der Waals surface area contributed by atoms with Gasteiger partial charge in [0, 0.05) is 12.1 Å². The van der Waals surface area contributed by atoms with Crippen molar-refractivity contribution in [3.05, 3.63) is 36.5 Å². The van der Waals surface area contributed by atoms with Crippen LogP contribution in [0.5, 0.6) is 0 Å². The van der Waals surface area contributed by atoms with E-state index in [1.165, 1.54) is 31.3 Å². The Hall–Kier alpha value is -0.820. The molecule has 2 aliphatic carbocycles. The van der Waals surface area contributed by atoms with E-state index in [2.05, 4.69) is 50.0 Å². The number of allylic oxidation sites excluding steroid dienone is 3. The zero-order chi connectivity index (χ0) is 12.3. The van der Waals surface area contributed by atoms with Crippen LogP contribution in [0.4, 0.5) is 0 Å². The lowest BCUT2D eigenvalue weighted by Gasteiger charge is -2.30. The molecule has 1 nitrogen and oxygen atoms in total. The molecule has 0 amide bonds. The van der Waals surface area contributed by atoms with Crippen LogP contribution in [0, 0.1) is 11.8 Å². The molecule has 0 spiro atoms. The van der Waals surface area contributed by atoms with Crippen molar-refractivity contribution >= 4 is 0 Å². The Labute approximate surface area is 106 Å². The fourth-order valence-electron chi connectivity index (χ4n) is 2.90. The fraction of sp³-hybridized carbons (Fsp3) is 0.625. The predicted octanol–water partition coefficient (Wildman–Crippen LogP) is 3.84. The van der Waals surface area contributed by atoms with Crippen LogP contribution < -0.4 is 5.32 Å². The molecule has 0 radical (unpaired) electrons. The van der Waals surface area contributed by atoms with E-state index in [0.29, 0.717) is 23.9 Å². The molecule has 2 atom stereocenters. The van der Waals surface area contributed by atoms with Gasteiger partial charge in [0.15, 0.2) is 0 Å². The van der Waals surface area contributed by atoms with Gasteiger partial charge in [0.25, 0.3) is 0 Å². The van der Waals surface area contributed by atoms with Gasteiger partial charge in [-0.15, -0.1) is 0 Å². The van der Waals surface area contributed by atoms with E-state index >= 15 is 0 Å². The summed E-state index contributed by atoms with van der Waals surface area (Å²) in [5.74, 6) is 1.29. The van der Waals surface area contributed by atoms with Crippen molar-refractivity contribution in [2.24, 2.45) is 11.8 Å². The maximum absolute atomic E-state index is 4.37. The van der Waals surface area contributed by atoms with Crippen LogP contribution >= 0.6 is 0 Å². The summed E-state index contributed by atoms with van der Waals surface area (Å²) in [7, 11) is 0. The van der Waals surface area contributed by atoms with E-state index in [0.717, 1.165) is 0 Å². The van der Waals surface area contributed by atoms with Gasteiger partial charge in [-0.3, -0.25) is 0 Å². The molecular weight excluding hydrogens is 206 g/mol. The van der Waals surface area contributed by atoms with Crippen molar-refractivity contribution < 1.29 is 0 Å². The average molecular weight is 231 g/mol. The molecule has 0 fully saturated rings. The topological polar surface area (TPSA) is 12.0 Å². The Morgan fingerprint density at radius 3 is 2.47 bits per heavy atom. The summed E-state index contributed by atoms with van der Waals surface area (Å²) in [4.78, 5) is 0. The summed E-state index contributed by atoms with van der Waals surface area (Å²) < 4.78 is 0. The number of nitrogens with one attached hydrogen (secondary N) is 1. The van der Waals surface area contributed by atoms with Crippen LogP contribution in [0.2, 0.25) is 0 Å². The lowest BCUT2D eigenvalue weighted by molar-refractivity contribution is 0.386. The van der Waals surface area contributed by atoms with Crippen LogP contribution in [-0.4, -0.2) is 12.1 Å². The smallest absolute Gasteiger partial charge is 0.0308 e. The predicted molar refractivity (Wildman–Crippen MR) is 74.9 cm³/mol. The maximum Gasteiger partial charge on any atom is 0.0308 e.